The molecule has 0 saturated carbocycles. The zero-order valence-corrected chi connectivity index (χ0v) is 7.12. The summed E-state index contributed by atoms with van der Waals surface area (Å²) >= 11 is 0. The Morgan fingerprint density at radius 3 is 2.82 bits per heavy atom. The van der Waals surface area contributed by atoms with Crippen molar-refractivity contribution in [2.24, 2.45) is 5.92 Å². The first-order valence-electron chi connectivity index (χ1n) is 4.15. The highest BCUT2D eigenvalue weighted by Crippen LogP contribution is 2.26. The lowest BCUT2D eigenvalue weighted by atomic mass is 10.1. The SMILES string of the molecule is CCOC1OC(CO)CC1C. The van der Waals surface area contributed by atoms with Gasteiger partial charge in [-0.3, -0.25) is 0 Å². The van der Waals surface area contributed by atoms with Crippen LogP contribution in [0, 0.1) is 5.92 Å². The van der Waals surface area contributed by atoms with E-state index in [1.165, 1.54) is 0 Å². The van der Waals surface area contributed by atoms with Crippen LogP contribution in [0.2, 0.25) is 0 Å². The lowest BCUT2D eigenvalue weighted by Gasteiger charge is -2.14. The lowest BCUT2D eigenvalue weighted by molar-refractivity contribution is -0.150. The average molecular weight is 160 g/mol. The third kappa shape index (κ3) is 2.15. The van der Waals surface area contributed by atoms with Gasteiger partial charge in [0.05, 0.1) is 12.7 Å². The number of aliphatic hydroxyl groups is 1. The van der Waals surface area contributed by atoms with Crippen molar-refractivity contribution in [2.75, 3.05) is 13.2 Å². The highest BCUT2D eigenvalue weighted by molar-refractivity contribution is 4.73. The van der Waals surface area contributed by atoms with Crippen LogP contribution in [0.1, 0.15) is 20.3 Å². The number of hydrogen-bond donors (Lipinski definition) is 1. The highest BCUT2D eigenvalue weighted by atomic mass is 16.7. The van der Waals surface area contributed by atoms with Gasteiger partial charge in [0.15, 0.2) is 6.29 Å². The van der Waals surface area contributed by atoms with Crippen LogP contribution in [0.4, 0.5) is 0 Å². The largest absolute Gasteiger partial charge is 0.394 e. The highest BCUT2D eigenvalue weighted by Gasteiger charge is 2.31. The van der Waals surface area contributed by atoms with Gasteiger partial charge < -0.3 is 14.6 Å². The molecule has 1 rings (SSSR count). The number of aliphatic hydroxyl groups excluding tert-OH is 1. The van der Waals surface area contributed by atoms with Crippen molar-refractivity contribution in [3.63, 3.8) is 0 Å². The molecule has 1 fully saturated rings. The van der Waals surface area contributed by atoms with E-state index >= 15 is 0 Å². The molecule has 3 atom stereocenters. The summed E-state index contributed by atoms with van der Waals surface area (Å²) in [5.74, 6) is 0.409. The van der Waals surface area contributed by atoms with Crippen LogP contribution < -0.4 is 0 Å². The average Bonchev–Trinajstić information content (AvgIpc) is 2.33. The summed E-state index contributed by atoms with van der Waals surface area (Å²) in [6.07, 6.45) is 0.792. The minimum absolute atomic E-state index is 0.0125. The zero-order valence-electron chi connectivity index (χ0n) is 7.12. The summed E-state index contributed by atoms with van der Waals surface area (Å²) in [5.41, 5.74) is 0. The first-order valence-corrected chi connectivity index (χ1v) is 4.15. The molecular weight excluding hydrogens is 144 g/mol. The second kappa shape index (κ2) is 4.04. The van der Waals surface area contributed by atoms with Gasteiger partial charge >= 0.3 is 0 Å². The molecule has 0 aliphatic carbocycles. The summed E-state index contributed by atoms with van der Waals surface area (Å²) < 4.78 is 10.7. The Kier molecular flexibility index (Phi) is 3.30. The van der Waals surface area contributed by atoms with Crippen LogP contribution in [-0.2, 0) is 9.47 Å². The predicted molar refractivity (Wildman–Crippen MR) is 41.2 cm³/mol. The van der Waals surface area contributed by atoms with E-state index in [0.717, 1.165) is 6.42 Å². The monoisotopic (exact) mass is 160 g/mol. The van der Waals surface area contributed by atoms with Crippen molar-refractivity contribution in [3.05, 3.63) is 0 Å². The van der Waals surface area contributed by atoms with E-state index in [1.807, 2.05) is 6.92 Å². The second-order valence-electron chi connectivity index (χ2n) is 2.98. The van der Waals surface area contributed by atoms with Crippen LogP contribution in [0.5, 0.6) is 0 Å². The molecule has 0 aromatic rings. The minimum atomic E-state index is -0.0999. The molecule has 0 amide bonds. The van der Waals surface area contributed by atoms with Gasteiger partial charge in [-0.05, 0) is 13.3 Å². The molecule has 0 bridgehead atoms. The molecule has 66 valence electrons. The van der Waals surface area contributed by atoms with Crippen LogP contribution in [0.15, 0.2) is 0 Å². The summed E-state index contributed by atoms with van der Waals surface area (Å²) in [7, 11) is 0. The molecule has 0 aromatic heterocycles. The maximum Gasteiger partial charge on any atom is 0.160 e. The fourth-order valence-corrected chi connectivity index (χ4v) is 1.39. The molecule has 1 saturated heterocycles. The number of hydrogen-bond acceptors (Lipinski definition) is 3. The summed E-state index contributed by atoms with van der Waals surface area (Å²) in [4.78, 5) is 0. The van der Waals surface area contributed by atoms with Crippen molar-refractivity contribution >= 4 is 0 Å². The van der Waals surface area contributed by atoms with Crippen molar-refractivity contribution in [1.82, 2.24) is 0 Å². The van der Waals surface area contributed by atoms with Crippen molar-refractivity contribution < 1.29 is 14.6 Å². The zero-order chi connectivity index (χ0) is 8.27. The molecule has 0 aromatic carbocycles. The standard InChI is InChI=1S/C8H16O3/c1-3-10-8-6(2)4-7(5-9)11-8/h6-9H,3-5H2,1-2H3. The van der Waals surface area contributed by atoms with Crippen molar-refractivity contribution in [2.45, 2.75) is 32.7 Å². The van der Waals surface area contributed by atoms with Gasteiger partial charge in [-0.15, -0.1) is 0 Å². The Morgan fingerprint density at radius 1 is 1.64 bits per heavy atom. The Morgan fingerprint density at radius 2 is 2.36 bits per heavy atom. The van der Waals surface area contributed by atoms with E-state index in [-0.39, 0.29) is 19.0 Å². The Bertz CT molecular complexity index is 116. The normalized spacial score (nSPS) is 37.9. The predicted octanol–water partition coefficient (Wildman–Crippen LogP) is 0.766. The quantitative estimate of drug-likeness (QED) is 0.662. The molecule has 1 aliphatic heterocycles. The number of ether oxygens (including phenoxy) is 2. The number of rotatable bonds is 3. The molecular formula is C8H16O3. The third-order valence-electron chi connectivity index (χ3n) is 1.96. The topological polar surface area (TPSA) is 38.7 Å². The fourth-order valence-electron chi connectivity index (χ4n) is 1.39. The van der Waals surface area contributed by atoms with Gasteiger partial charge in [-0.2, -0.15) is 0 Å². The molecule has 3 heteroatoms. The van der Waals surface area contributed by atoms with Gasteiger partial charge in [0, 0.05) is 12.5 Å². The third-order valence-corrected chi connectivity index (χ3v) is 1.96. The van der Waals surface area contributed by atoms with E-state index in [0.29, 0.717) is 12.5 Å². The van der Waals surface area contributed by atoms with Gasteiger partial charge in [-0.1, -0.05) is 6.92 Å². The van der Waals surface area contributed by atoms with Gasteiger partial charge in [0.25, 0.3) is 0 Å². The van der Waals surface area contributed by atoms with Crippen LogP contribution >= 0.6 is 0 Å². The van der Waals surface area contributed by atoms with Crippen molar-refractivity contribution in [3.8, 4) is 0 Å². The summed E-state index contributed by atoms with van der Waals surface area (Å²) in [6.45, 7) is 4.80. The molecule has 1 aliphatic rings. The van der Waals surface area contributed by atoms with E-state index in [1.54, 1.807) is 0 Å². The van der Waals surface area contributed by atoms with Gasteiger partial charge in [-0.25, -0.2) is 0 Å². The van der Waals surface area contributed by atoms with E-state index in [4.69, 9.17) is 14.6 Å². The summed E-state index contributed by atoms with van der Waals surface area (Å²) in [5, 5.41) is 8.79. The maximum atomic E-state index is 8.79. The lowest BCUT2D eigenvalue weighted by Crippen LogP contribution is -2.19. The summed E-state index contributed by atoms with van der Waals surface area (Å²) in [6, 6.07) is 0. The molecule has 0 spiro atoms. The first kappa shape index (κ1) is 8.97. The molecule has 3 unspecified atom stereocenters. The van der Waals surface area contributed by atoms with E-state index < -0.39 is 0 Å². The van der Waals surface area contributed by atoms with Crippen LogP contribution in [-0.4, -0.2) is 30.7 Å². The van der Waals surface area contributed by atoms with Gasteiger partial charge in [0.2, 0.25) is 0 Å². The Balaban J connectivity index is 2.32. The molecule has 11 heavy (non-hydrogen) atoms. The second-order valence-corrected chi connectivity index (χ2v) is 2.98. The van der Waals surface area contributed by atoms with E-state index in [2.05, 4.69) is 6.92 Å². The molecule has 3 nitrogen and oxygen atoms in total. The Labute approximate surface area is 67.3 Å². The molecule has 1 heterocycles. The van der Waals surface area contributed by atoms with Gasteiger partial charge in [0.1, 0.15) is 0 Å². The molecule has 1 N–H and O–H groups in total. The molecule has 0 radical (unpaired) electrons. The van der Waals surface area contributed by atoms with Crippen LogP contribution in [0.3, 0.4) is 0 Å². The van der Waals surface area contributed by atoms with Crippen molar-refractivity contribution in [1.29, 1.82) is 0 Å². The maximum absolute atomic E-state index is 8.79. The minimum Gasteiger partial charge on any atom is -0.394 e. The smallest absolute Gasteiger partial charge is 0.160 e. The van der Waals surface area contributed by atoms with E-state index in [9.17, 15) is 0 Å². The fraction of sp³-hybridized carbons (Fsp3) is 1.00. The van der Waals surface area contributed by atoms with Crippen LogP contribution in [0.25, 0.3) is 0 Å². The Hall–Kier alpha value is -0.120. The first-order chi connectivity index (χ1) is 5.27.